The van der Waals surface area contributed by atoms with E-state index in [-0.39, 0.29) is 42.5 Å². The van der Waals surface area contributed by atoms with Gasteiger partial charge in [0.15, 0.2) is 0 Å². The first-order chi connectivity index (χ1) is 8.93. The molecule has 1 aromatic rings. The molecule has 1 amide bonds. The highest BCUT2D eigenvalue weighted by atomic mass is 35.5. The van der Waals surface area contributed by atoms with Crippen LogP contribution in [0, 0.1) is 10.1 Å². The summed E-state index contributed by atoms with van der Waals surface area (Å²) < 4.78 is 0. The molecule has 0 saturated carbocycles. The molecular weight excluding hydrogens is 282 g/mol. The van der Waals surface area contributed by atoms with Gasteiger partial charge >= 0.3 is 0 Å². The lowest BCUT2D eigenvalue weighted by atomic mass is 10.0. The van der Waals surface area contributed by atoms with Gasteiger partial charge in [-0.1, -0.05) is 19.1 Å². The van der Waals surface area contributed by atoms with Crippen molar-refractivity contribution in [3.8, 4) is 0 Å². The van der Waals surface area contributed by atoms with Crippen molar-refractivity contribution in [2.45, 2.75) is 38.8 Å². The molecule has 3 N–H and O–H groups in total. The third-order valence-corrected chi connectivity index (χ3v) is 2.73. The van der Waals surface area contributed by atoms with Crippen molar-refractivity contribution in [1.29, 1.82) is 0 Å². The Hall–Kier alpha value is -1.66. The van der Waals surface area contributed by atoms with Gasteiger partial charge in [-0.25, -0.2) is 0 Å². The number of hydrogen-bond donors (Lipinski definition) is 2. The molecule has 6 nitrogen and oxygen atoms in total. The summed E-state index contributed by atoms with van der Waals surface area (Å²) in [5, 5.41) is 13.6. The monoisotopic (exact) mass is 301 g/mol. The number of carbonyl (C=O) groups is 1. The summed E-state index contributed by atoms with van der Waals surface area (Å²) >= 11 is 0. The molecule has 20 heavy (non-hydrogen) atoms. The van der Waals surface area contributed by atoms with E-state index in [0.29, 0.717) is 6.42 Å². The first-order valence-corrected chi connectivity index (χ1v) is 6.23. The second kappa shape index (κ2) is 8.50. The number of nitrogens with zero attached hydrogens (tertiary/aromatic N) is 1. The SMILES string of the molecule is CCC(NC(=O)CC(C)N)c1cccc([N+](=O)[O-])c1.Cl. The summed E-state index contributed by atoms with van der Waals surface area (Å²) in [7, 11) is 0. The van der Waals surface area contributed by atoms with Crippen molar-refractivity contribution in [3.05, 3.63) is 39.9 Å². The Bertz CT molecular complexity index is 466. The third-order valence-electron chi connectivity index (χ3n) is 2.73. The van der Waals surface area contributed by atoms with Crippen LogP contribution in [0.2, 0.25) is 0 Å². The number of non-ortho nitro benzene ring substituents is 1. The van der Waals surface area contributed by atoms with Crippen LogP contribution in [0.25, 0.3) is 0 Å². The van der Waals surface area contributed by atoms with E-state index in [0.717, 1.165) is 5.56 Å². The topological polar surface area (TPSA) is 98.3 Å². The molecular formula is C13H20ClN3O3. The van der Waals surface area contributed by atoms with E-state index in [1.165, 1.54) is 12.1 Å². The van der Waals surface area contributed by atoms with E-state index in [2.05, 4.69) is 5.32 Å². The second-order valence-corrected chi connectivity index (χ2v) is 4.56. The second-order valence-electron chi connectivity index (χ2n) is 4.56. The van der Waals surface area contributed by atoms with Crippen molar-refractivity contribution in [2.75, 3.05) is 0 Å². The van der Waals surface area contributed by atoms with Gasteiger partial charge in [0.05, 0.1) is 11.0 Å². The first kappa shape index (κ1) is 18.3. The maximum atomic E-state index is 11.7. The van der Waals surface area contributed by atoms with E-state index in [1.54, 1.807) is 19.1 Å². The minimum atomic E-state index is -0.444. The number of nitrogens with two attached hydrogens (primary N) is 1. The fourth-order valence-corrected chi connectivity index (χ4v) is 1.82. The molecule has 0 heterocycles. The molecule has 2 unspecified atom stereocenters. The van der Waals surface area contributed by atoms with E-state index < -0.39 is 4.92 Å². The fourth-order valence-electron chi connectivity index (χ4n) is 1.82. The highest BCUT2D eigenvalue weighted by molar-refractivity contribution is 5.85. The molecule has 7 heteroatoms. The van der Waals surface area contributed by atoms with Gasteiger partial charge in [-0.05, 0) is 18.9 Å². The highest BCUT2D eigenvalue weighted by Crippen LogP contribution is 2.21. The normalized spacial score (nSPS) is 12.9. The number of halogens is 1. The first-order valence-electron chi connectivity index (χ1n) is 6.23. The van der Waals surface area contributed by atoms with Gasteiger partial charge in [0.2, 0.25) is 5.91 Å². The van der Waals surface area contributed by atoms with E-state index in [1.807, 2.05) is 6.92 Å². The zero-order valence-electron chi connectivity index (χ0n) is 11.5. The predicted molar refractivity (Wildman–Crippen MR) is 79.8 cm³/mol. The number of hydrogen-bond acceptors (Lipinski definition) is 4. The summed E-state index contributed by atoms with van der Waals surface area (Å²) in [6.45, 7) is 3.67. The molecule has 0 aromatic heterocycles. The average molecular weight is 302 g/mol. The van der Waals surface area contributed by atoms with E-state index in [4.69, 9.17) is 5.73 Å². The molecule has 0 spiro atoms. The smallest absolute Gasteiger partial charge is 0.269 e. The number of nitro groups is 1. The number of amides is 1. The van der Waals surface area contributed by atoms with Gasteiger partial charge in [-0.3, -0.25) is 14.9 Å². The van der Waals surface area contributed by atoms with Crippen LogP contribution in [0.4, 0.5) is 5.69 Å². The Morgan fingerprint density at radius 1 is 1.50 bits per heavy atom. The molecule has 0 radical (unpaired) electrons. The van der Waals surface area contributed by atoms with Crippen molar-refractivity contribution in [2.24, 2.45) is 5.73 Å². The van der Waals surface area contributed by atoms with Gasteiger partial charge in [-0.15, -0.1) is 12.4 Å². The van der Waals surface area contributed by atoms with Gasteiger partial charge in [0.1, 0.15) is 0 Å². The van der Waals surface area contributed by atoms with Crippen LogP contribution in [0.15, 0.2) is 24.3 Å². The third kappa shape index (κ3) is 5.54. The van der Waals surface area contributed by atoms with Gasteiger partial charge in [0.25, 0.3) is 5.69 Å². The Morgan fingerprint density at radius 2 is 2.15 bits per heavy atom. The summed E-state index contributed by atoms with van der Waals surface area (Å²) in [6, 6.07) is 5.87. The molecule has 0 bridgehead atoms. The number of carbonyl (C=O) groups excluding carboxylic acids is 1. The zero-order chi connectivity index (χ0) is 14.4. The van der Waals surface area contributed by atoms with Crippen LogP contribution in [-0.2, 0) is 4.79 Å². The summed E-state index contributed by atoms with van der Waals surface area (Å²) in [5.74, 6) is -0.145. The predicted octanol–water partition coefficient (Wildman–Crippen LogP) is 2.32. The van der Waals surface area contributed by atoms with Gasteiger partial charge in [0, 0.05) is 24.6 Å². The van der Waals surface area contributed by atoms with Crippen LogP contribution in [0.1, 0.15) is 38.3 Å². The minimum absolute atomic E-state index is 0. The zero-order valence-corrected chi connectivity index (χ0v) is 12.4. The minimum Gasteiger partial charge on any atom is -0.349 e. The largest absolute Gasteiger partial charge is 0.349 e. The van der Waals surface area contributed by atoms with E-state index >= 15 is 0 Å². The number of nitrogens with one attached hydrogen (secondary N) is 1. The lowest BCUT2D eigenvalue weighted by Gasteiger charge is -2.18. The quantitative estimate of drug-likeness (QED) is 0.622. The van der Waals surface area contributed by atoms with Crippen LogP contribution in [0.3, 0.4) is 0 Å². The van der Waals surface area contributed by atoms with Crippen LogP contribution >= 0.6 is 12.4 Å². The summed E-state index contributed by atoms with van der Waals surface area (Å²) in [6.07, 6.45) is 0.900. The van der Waals surface area contributed by atoms with Crippen LogP contribution in [-0.4, -0.2) is 16.9 Å². The lowest BCUT2D eigenvalue weighted by Crippen LogP contribution is -2.32. The Labute approximate surface area is 124 Å². The molecule has 0 fully saturated rings. The van der Waals surface area contributed by atoms with Gasteiger partial charge in [-0.2, -0.15) is 0 Å². The van der Waals surface area contributed by atoms with E-state index in [9.17, 15) is 14.9 Å². The summed E-state index contributed by atoms with van der Waals surface area (Å²) in [4.78, 5) is 22.0. The van der Waals surface area contributed by atoms with Crippen molar-refractivity contribution >= 4 is 24.0 Å². The number of nitro benzene ring substituents is 1. The lowest BCUT2D eigenvalue weighted by molar-refractivity contribution is -0.384. The van der Waals surface area contributed by atoms with Crippen LogP contribution in [0.5, 0.6) is 0 Å². The average Bonchev–Trinajstić information content (AvgIpc) is 2.35. The Balaban J connectivity index is 0.00000361. The van der Waals surface area contributed by atoms with Crippen molar-refractivity contribution in [3.63, 3.8) is 0 Å². The fraction of sp³-hybridized carbons (Fsp3) is 0.462. The maximum absolute atomic E-state index is 11.7. The highest BCUT2D eigenvalue weighted by Gasteiger charge is 2.16. The Kier molecular flexibility index (Phi) is 7.79. The molecule has 1 aromatic carbocycles. The molecule has 112 valence electrons. The summed E-state index contributed by atoms with van der Waals surface area (Å²) in [5.41, 5.74) is 6.32. The van der Waals surface area contributed by atoms with Crippen LogP contribution < -0.4 is 11.1 Å². The molecule has 0 saturated heterocycles. The Morgan fingerprint density at radius 3 is 2.65 bits per heavy atom. The van der Waals surface area contributed by atoms with Gasteiger partial charge < -0.3 is 11.1 Å². The molecule has 2 atom stereocenters. The number of rotatable bonds is 6. The molecule has 0 aliphatic carbocycles. The molecule has 0 aliphatic heterocycles. The molecule has 1 rings (SSSR count). The van der Waals surface area contributed by atoms with Crippen molar-refractivity contribution in [1.82, 2.24) is 5.32 Å². The number of benzene rings is 1. The standard InChI is InChI=1S/C13H19N3O3.ClH/c1-3-12(15-13(17)7-9(2)14)10-5-4-6-11(8-10)16(18)19;/h4-6,8-9,12H,3,7,14H2,1-2H3,(H,15,17);1H. The van der Waals surface area contributed by atoms with Crippen molar-refractivity contribution < 1.29 is 9.72 Å². The molecule has 0 aliphatic rings. The maximum Gasteiger partial charge on any atom is 0.269 e.